The Kier molecular flexibility index (Phi) is 5.02. The van der Waals surface area contributed by atoms with E-state index in [9.17, 15) is 4.39 Å². The molecule has 0 aliphatic heterocycles. The molecule has 1 unspecified atom stereocenters. The van der Waals surface area contributed by atoms with Crippen molar-refractivity contribution in [3.05, 3.63) is 29.8 Å². The van der Waals surface area contributed by atoms with Gasteiger partial charge in [-0.25, -0.2) is 4.39 Å². The molecule has 0 spiro atoms. The number of hydrogen-bond donors (Lipinski definition) is 1. The predicted octanol–water partition coefficient (Wildman–Crippen LogP) is 2.69. The lowest BCUT2D eigenvalue weighted by molar-refractivity contribution is 0.0118. The van der Waals surface area contributed by atoms with Crippen molar-refractivity contribution in [2.75, 3.05) is 14.2 Å². The van der Waals surface area contributed by atoms with E-state index >= 15 is 0 Å². The molecule has 0 amide bonds. The maximum absolute atomic E-state index is 13.1. The third-order valence-corrected chi connectivity index (χ3v) is 3.06. The fourth-order valence-corrected chi connectivity index (χ4v) is 1.69. The summed E-state index contributed by atoms with van der Waals surface area (Å²) in [6, 6.07) is 1.63. The van der Waals surface area contributed by atoms with Gasteiger partial charge in [0.15, 0.2) is 0 Å². The van der Waals surface area contributed by atoms with E-state index in [1.807, 2.05) is 20.9 Å². The molecule has 1 rings (SSSR count). The van der Waals surface area contributed by atoms with Gasteiger partial charge in [0.05, 0.1) is 11.8 Å². The Morgan fingerprint density at radius 3 is 2.71 bits per heavy atom. The van der Waals surface area contributed by atoms with E-state index in [-0.39, 0.29) is 17.5 Å². The number of ether oxygens (including phenoxy) is 1. The molecule has 1 N–H and O–H groups in total. The lowest BCUT2D eigenvalue weighted by Crippen LogP contribution is -2.26. The van der Waals surface area contributed by atoms with Gasteiger partial charge in [0, 0.05) is 19.3 Å². The maximum Gasteiger partial charge on any atom is 0.141 e. The molecule has 0 bridgehead atoms. The van der Waals surface area contributed by atoms with Crippen LogP contribution in [0.5, 0.6) is 0 Å². The van der Waals surface area contributed by atoms with Gasteiger partial charge >= 0.3 is 0 Å². The first-order valence-corrected chi connectivity index (χ1v) is 5.81. The van der Waals surface area contributed by atoms with E-state index in [4.69, 9.17) is 4.74 Å². The predicted molar refractivity (Wildman–Crippen MR) is 66.3 cm³/mol. The second-order valence-electron chi connectivity index (χ2n) is 4.78. The standard InChI is InChI=1S/C13H21FN2O/c1-13(2,17-4)6-5-12(15-3)10-7-11(14)9-16-8-10/h7-9,12,15H,5-6H2,1-4H3. The molecule has 1 aromatic rings. The molecular weight excluding hydrogens is 219 g/mol. The highest BCUT2D eigenvalue weighted by Gasteiger charge is 2.19. The minimum atomic E-state index is -0.297. The Morgan fingerprint density at radius 1 is 1.47 bits per heavy atom. The lowest BCUT2D eigenvalue weighted by Gasteiger charge is -2.25. The summed E-state index contributed by atoms with van der Waals surface area (Å²) in [5.41, 5.74) is 0.718. The fourth-order valence-electron chi connectivity index (χ4n) is 1.69. The van der Waals surface area contributed by atoms with Crippen LogP contribution < -0.4 is 5.32 Å². The molecule has 96 valence electrons. The molecule has 0 aromatic carbocycles. The first kappa shape index (κ1) is 14.1. The average Bonchev–Trinajstić information content (AvgIpc) is 2.30. The molecule has 4 heteroatoms. The molecule has 0 aliphatic rings. The van der Waals surface area contributed by atoms with Crippen LogP contribution in [0.25, 0.3) is 0 Å². The van der Waals surface area contributed by atoms with Crippen LogP contribution in [0, 0.1) is 5.82 Å². The lowest BCUT2D eigenvalue weighted by atomic mass is 9.96. The van der Waals surface area contributed by atoms with Crippen molar-refractivity contribution < 1.29 is 9.13 Å². The average molecular weight is 240 g/mol. The second kappa shape index (κ2) is 6.07. The van der Waals surface area contributed by atoms with E-state index in [0.717, 1.165) is 18.4 Å². The van der Waals surface area contributed by atoms with Gasteiger partial charge in [0.25, 0.3) is 0 Å². The van der Waals surface area contributed by atoms with Crippen LogP contribution in [0.1, 0.15) is 38.3 Å². The molecule has 0 radical (unpaired) electrons. The van der Waals surface area contributed by atoms with Crippen molar-refractivity contribution in [3.63, 3.8) is 0 Å². The SMILES string of the molecule is CNC(CCC(C)(C)OC)c1cncc(F)c1. The Morgan fingerprint density at radius 2 is 2.18 bits per heavy atom. The van der Waals surface area contributed by atoms with Crippen molar-refractivity contribution in [1.82, 2.24) is 10.3 Å². The highest BCUT2D eigenvalue weighted by atomic mass is 19.1. The van der Waals surface area contributed by atoms with Gasteiger partial charge in [-0.2, -0.15) is 0 Å². The Hall–Kier alpha value is -1.00. The summed E-state index contributed by atoms with van der Waals surface area (Å²) >= 11 is 0. The van der Waals surface area contributed by atoms with Gasteiger partial charge in [-0.05, 0) is 45.4 Å². The zero-order valence-corrected chi connectivity index (χ0v) is 11.0. The number of hydrogen-bond acceptors (Lipinski definition) is 3. The molecule has 0 saturated heterocycles. The molecule has 0 saturated carbocycles. The largest absolute Gasteiger partial charge is 0.379 e. The van der Waals surface area contributed by atoms with Gasteiger partial charge in [0.1, 0.15) is 5.82 Å². The number of rotatable bonds is 6. The van der Waals surface area contributed by atoms with Gasteiger partial charge in [-0.15, -0.1) is 0 Å². The number of methoxy groups -OCH3 is 1. The van der Waals surface area contributed by atoms with Gasteiger partial charge in [-0.3, -0.25) is 4.98 Å². The van der Waals surface area contributed by atoms with Crippen molar-refractivity contribution in [3.8, 4) is 0 Å². The summed E-state index contributed by atoms with van der Waals surface area (Å²) in [4.78, 5) is 3.87. The molecule has 3 nitrogen and oxygen atoms in total. The minimum absolute atomic E-state index is 0.104. The first-order valence-electron chi connectivity index (χ1n) is 5.81. The minimum Gasteiger partial charge on any atom is -0.379 e. The third kappa shape index (κ3) is 4.40. The van der Waals surface area contributed by atoms with E-state index < -0.39 is 0 Å². The molecule has 0 fully saturated rings. The quantitative estimate of drug-likeness (QED) is 0.830. The Labute approximate surface area is 102 Å². The van der Waals surface area contributed by atoms with Crippen LogP contribution in [0.2, 0.25) is 0 Å². The fraction of sp³-hybridized carbons (Fsp3) is 0.615. The van der Waals surface area contributed by atoms with Crippen LogP contribution in [0.4, 0.5) is 4.39 Å². The molecule has 1 atom stereocenters. The molecule has 1 heterocycles. The van der Waals surface area contributed by atoms with E-state index in [0.29, 0.717) is 0 Å². The summed E-state index contributed by atoms with van der Waals surface area (Å²) in [7, 11) is 3.58. The van der Waals surface area contributed by atoms with E-state index in [1.165, 1.54) is 12.3 Å². The number of aromatic nitrogens is 1. The topological polar surface area (TPSA) is 34.1 Å². The summed E-state index contributed by atoms with van der Waals surface area (Å²) in [5, 5.41) is 3.18. The Bertz CT molecular complexity index is 355. The Balaban J connectivity index is 2.66. The molecule has 0 aliphatic carbocycles. The van der Waals surface area contributed by atoms with Crippen LogP contribution in [-0.4, -0.2) is 24.7 Å². The van der Waals surface area contributed by atoms with E-state index in [1.54, 1.807) is 13.3 Å². The van der Waals surface area contributed by atoms with Crippen molar-refractivity contribution >= 4 is 0 Å². The number of pyridine rings is 1. The highest BCUT2D eigenvalue weighted by Crippen LogP contribution is 2.24. The van der Waals surface area contributed by atoms with Crippen molar-refractivity contribution in [2.24, 2.45) is 0 Å². The zero-order valence-electron chi connectivity index (χ0n) is 11.0. The van der Waals surface area contributed by atoms with Crippen LogP contribution >= 0.6 is 0 Å². The zero-order chi connectivity index (χ0) is 12.9. The first-order chi connectivity index (χ1) is 7.98. The van der Waals surface area contributed by atoms with Gasteiger partial charge < -0.3 is 10.1 Å². The molecule has 17 heavy (non-hydrogen) atoms. The maximum atomic E-state index is 13.1. The number of nitrogens with one attached hydrogen (secondary N) is 1. The number of nitrogens with zero attached hydrogens (tertiary/aromatic N) is 1. The summed E-state index contributed by atoms with van der Waals surface area (Å²) in [5.74, 6) is -0.297. The summed E-state index contributed by atoms with van der Waals surface area (Å²) < 4.78 is 18.5. The molecule has 1 aromatic heterocycles. The smallest absolute Gasteiger partial charge is 0.141 e. The van der Waals surface area contributed by atoms with Crippen LogP contribution in [0.3, 0.4) is 0 Å². The van der Waals surface area contributed by atoms with Crippen LogP contribution in [-0.2, 0) is 4.74 Å². The number of halogens is 1. The second-order valence-corrected chi connectivity index (χ2v) is 4.78. The van der Waals surface area contributed by atoms with Crippen LogP contribution in [0.15, 0.2) is 18.5 Å². The van der Waals surface area contributed by atoms with E-state index in [2.05, 4.69) is 10.3 Å². The molecular formula is C13H21FN2O. The normalized spacial score (nSPS) is 13.7. The third-order valence-electron chi connectivity index (χ3n) is 3.06. The summed E-state index contributed by atoms with van der Waals surface area (Å²) in [6.07, 6.45) is 4.69. The van der Waals surface area contributed by atoms with Gasteiger partial charge in [0.2, 0.25) is 0 Å². The van der Waals surface area contributed by atoms with Crippen molar-refractivity contribution in [2.45, 2.75) is 38.3 Å². The highest BCUT2D eigenvalue weighted by molar-refractivity contribution is 5.15. The monoisotopic (exact) mass is 240 g/mol. The summed E-state index contributed by atoms with van der Waals surface area (Å²) in [6.45, 7) is 4.09. The van der Waals surface area contributed by atoms with Crippen molar-refractivity contribution in [1.29, 1.82) is 0 Å². The van der Waals surface area contributed by atoms with Gasteiger partial charge in [-0.1, -0.05) is 0 Å².